The monoisotopic (exact) mass is 559 g/mol. The van der Waals surface area contributed by atoms with E-state index in [1.54, 1.807) is 0 Å². The Morgan fingerprint density at radius 3 is 2.41 bits per heavy atom. The van der Waals surface area contributed by atoms with Gasteiger partial charge in [0, 0.05) is 58.1 Å². The zero-order valence-corrected chi connectivity index (χ0v) is 22.8. The average Bonchev–Trinajstić information content (AvgIpc) is 2.78. The lowest BCUT2D eigenvalue weighted by molar-refractivity contribution is 0.245. The van der Waals surface area contributed by atoms with Gasteiger partial charge in [-0.05, 0) is 63.1 Å². The summed E-state index contributed by atoms with van der Waals surface area (Å²) in [7, 11) is 0. The van der Waals surface area contributed by atoms with Crippen molar-refractivity contribution in [3.63, 3.8) is 0 Å². The second-order valence-corrected chi connectivity index (χ2v) is 9.03. The topological polar surface area (TPSA) is 63.1 Å². The van der Waals surface area contributed by atoms with Gasteiger partial charge >= 0.3 is 0 Å². The van der Waals surface area contributed by atoms with Gasteiger partial charge in [-0.3, -0.25) is 9.89 Å². The van der Waals surface area contributed by atoms with Crippen LogP contribution in [0.2, 0.25) is 0 Å². The molecule has 1 aromatic rings. The molecule has 1 unspecified atom stereocenters. The Kier molecular flexibility index (Phi) is 15.8. The quantitative estimate of drug-likeness (QED) is 0.149. The van der Waals surface area contributed by atoms with E-state index in [-0.39, 0.29) is 30.6 Å². The average molecular weight is 560 g/mol. The lowest BCUT2D eigenvalue weighted by Gasteiger charge is -2.36. The Morgan fingerprint density at radius 2 is 1.78 bits per heavy atom. The van der Waals surface area contributed by atoms with Gasteiger partial charge in [-0.15, -0.1) is 24.0 Å². The lowest BCUT2D eigenvalue weighted by Crippen LogP contribution is -2.46. The van der Waals surface area contributed by atoms with Crippen LogP contribution in [0.5, 0.6) is 0 Å². The Labute approximate surface area is 213 Å². The first-order chi connectivity index (χ1) is 15.1. The maximum atomic E-state index is 9.31. The Hall–Kier alpha value is -1.06. The summed E-state index contributed by atoms with van der Waals surface area (Å²) in [5, 5.41) is 16.2. The van der Waals surface area contributed by atoms with Gasteiger partial charge in [0.25, 0.3) is 0 Å². The maximum absolute atomic E-state index is 9.31. The summed E-state index contributed by atoms with van der Waals surface area (Å²) >= 11 is 0. The highest BCUT2D eigenvalue weighted by Crippen LogP contribution is 2.16. The van der Waals surface area contributed by atoms with Crippen molar-refractivity contribution in [1.29, 1.82) is 0 Å². The molecule has 1 atom stereocenters. The molecule has 0 bridgehead atoms. The summed E-state index contributed by atoms with van der Waals surface area (Å²) in [6, 6.07) is 10.7. The van der Waals surface area contributed by atoms with E-state index >= 15 is 0 Å². The van der Waals surface area contributed by atoms with Crippen LogP contribution in [0.15, 0.2) is 35.3 Å². The van der Waals surface area contributed by atoms with Gasteiger partial charge in [-0.2, -0.15) is 0 Å². The highest BCUT2D eigenvalue weighted by molar-refractivity contribution is 14.0. The van der Waals surface area contributed by atoms with E-state index in [1.165, 1.54) is 18.7 Å². The van der Waals surface area contributed by atoms with Crippen LogP contribution >= 0.6 is 24.0 Å². The Balaban J connectivity index is 0.00000512. The second-order valence-electron chi connectivity index (χ2n) is 9.03. The number of halogens is 1. The molecule has 1 aliphatic heterocycles. The largest absolute Gasteiger partial charge is 0.396 e. The molecule has 7 heteroatoms. The molecule has 1 aliphatic rings. The minimum atomic E-state index is 0. The molecule has 0 spiro atoms. The highest BCUT2D eigenvalue weighted by Gasteiger charge is 2.16. The zero-order chi connectivity index (χ0) is 22.3. The normalized spacial score (nSPS) is 16.0. The summed E-state index contributed by atoms with van der Waals surface area (Å²) in [5.74, 6) is 2.00. The predicted octanol–water partition coefficient (Wildman–Crippen LogP) is 3.81. The predicted molar refractivity (Wildman–Crippen MR) is 148 cm³/mol. The van der Waals surface area contributed by atoms with Crippen LogP contribution in [-0.4, -0.2) is 74.9 Å². The van der Waals surface area contributed by atoms with Crippen LogP contribution in [0.4, 0.5) is 5.69 Å². The van der Waals surface area contributed by atoms with Crippen LogP contribution in [0.3, 0.4) is 0 Å². The van der Waals surface area contributed by atoms with Gasteiger partial charge in [0.1, 0.15) is 0 Å². The summed E-state index contributed by atoms with van der Waals surface area (Å²) in [4.78, 5) is 9.85. The van der Waals surface area contributed by atoms with Gasteiger partial charge in [-0.25, -0.2) is 0 Å². The minimum Gasteiger partial charge on any atom is -0.396 e. The molecular weight excluding hydrogens is 513 g/mol. The number of hydrogen-bond acceptors (Lipinski definition) is 4. The number of piperazine rings is 1. The van der Waals surface area contributed by atoms with Gasteiger partial charge in [0.15, 0.2) is 5.96 Å². The number of aliphatic hydroxyl groups is 1. The van der Waals surface area contributed by atoms with E-state index in [2.05, 4.69) is 71.5 Å². The van der Waals surface area contributed by atoms with Crippen molar-refractivity contribution in [2.45, 2.75) is 46.5 Å². The number of aliphatic imine (C=N–C) groups is 1. The number of nitrogens with zero attached hydrogens (tertiary/aromatic N) is 3. The molecule has 0 saturated carbocycles. The van der Waals surface area contributed by atoms with Crippen molar-refractivity contribution in [2.24, 2.45) is 16.8 Å². The molecule has 6 nitrogen and oxygen atoms in total. The van der Waals surface area contributed by atoms with Gasteiger partial charge in [0.05, 0.1) is 0 Å². The van der Waals surface area contributed by atoms with Crippen molar-refractivity contribution in [3.05, 3.63) is 30.3 Å². The number of nitrogens with one attached hydrogen (secondary N) is 2. The third-order valence-electron chi connectivity index (χ3n) is 5.88. The number of para-hydroxylation sites is 1. The molecule has 184 valence electrons. The Morgan fingerprint density at radius 1 is 1.06 bits per heavy atom. The van der Waals surface area contributed by atoms with Crippen LogP contribution in [0.25, 0.3) is 0 Å². The maximum Gasteiger partial charge on any atom is 0.191 e. The van der Waals surface area contributed by atoms with E-state index in [1.807, 2.05) is 0 Å². The number of anilines is 1. The van der Waals surface area contributed by atoms with Crippen LogP contribution in [0.1, 0.15) is 46.5 Å². The molecule has 0 aliphatic carbocycles. The third kappa shape index (κ3) is 11.7. The first kappa shape index (κ1) is 29.0. The van der Waals surface area contributed by atoms with Crippen LogP contribution < -0.4 is 15.5 Å². The molecular formula is C25H46IN5O. The second kappa shape index (κ2) is 17.4. The van der Waals surface area contributed by atoms with E-state index in [9.17, 15) is 5.11 Å². The molecule has 1 fully saturated rings. The third-order valence-corrected chi connectivity index (χ3v) is 5.88. The number of hydrogen-bond donors (Lipinski definition) is 3. The van der Waals surface area contributed by atoms with Crippen molar-refractivity contribution in [1.82, 2.24) is 15.5 Å². The highest BCUT2D eigenvalue weighted by atomic mass is 127. The van der Waals surface area contributed by atoms with E-state index in [4.69, 9.17) is 4.99 Å². The molecule has 32 heavy (non-hydrogen) atoms. The number of rotatable bonds is 13. The van der Waals surface area contributed by atoms with Crippen LogP contribution in [0, 0.1) is 11.8 Å². The molecule has 0 aromatic heterocycles. The molecule has 2 rings (SSSR count). The van der Waals surface area contributed by atoms with Crippen molar-refractivity contribution in [2.75, 3.05) is 63.9 Å². The Bertz CT molecular complexity index is 606. The summed E-state index contributed by atoms with van der Waals surface area (Å²) in [6.45, 7) is 15.1. The first-order valence-electron chi connectivity index (χ1n) is 12.3. The van der Waals surface area contributed by atoms with E-state index < -0.39 is 0 Å². The van der Waals surface area contributed by atoms with Gasteiger partial charge in [0.2, 0.25) is 0 Å². The summed E-state index contributed by atoms with van der Waals surface area (Å²) in [5.41, 5.74) is 1.34. The summed E-state index contributed by atoms with van der Waals surface area (Å²) in [6.07, 6.45) is 4.30. The van der Waals surface area contributed by atoms with Crippen molar-refractivity contribution >= 4 is 35.6 Å². The van der Waals surface area contributed by atoms with E-state index in [0.29, 0.717) is 11.8 Å². The van der Waals surface area contributed by atoms with Gasteiger partial charge in [-0.1, -0.05) is 32.0 Å². The molecule has 0 radical (unpaired) electrons. The first-order valence-corrected chi connectivity index (χ1v) is 12.3. The molecule has 1 heterocycles. The van der Waals surface area contributed by atoms with Gasteiger partial charge < -0.3 is 20.6 Å². The molecule has 1 saturated heterocycles. The molecule has 1 aromatic carbocycles. The number of unbranched alkanes of at least 4 members (excludes halogenated alkanes) is 1. The molecule has 0 amide bonds. The lowest BCUT2D eigenvalue weighted by atomic mass is 9.94. The SMILES string of the molecule is CCNC(=NCC(CCO)CC(C)C)NCCCCN1CCN(c2ccccc2)CC1.I. The smallest absolute Gasteiger partial charge is 0.191 e. The summed E-state index contributed by atoms with van der Waals surface area (Å²) < 4.78 is 0. The minimum absolute atomic E-state index is 0. The van der Waals surface area contributed by atoms with Crippen molar-refractivity contribution in [3.8, 4) is 0 Å². The fourth-order valence-corrected chi connectivity index (χ4v) is 4.23. The number of guanidine groups is 1. The fourth-order valence-electron chi connectivity index (χ4n) is 4.23. The van der Waals surface area contributed by atoms with E-state index in [0.717, 1.165) is 71.0 Å². The number of aliphatic hydroxyl groups excluding tert-OH is 1. The standard InChI is InChI=1S/C25H45N5O.HI/c1-4-26-25(28-21-23(12-19-31)20-22(2)3)27-13-8-9-14-29-15-17-30(18-16-29)24-10-6-5-7-11-24;/h5-7,10-11,22-23,31H,4,8-9,12-21H2,1-3H3,(H2,26,27,28);1H. The number of benzene rings is 1. The zero-order valence-electron chi connectivity index (χ0n) is 20.4. The fraction of sp³-hybridized carbons (Fsp3) is 0.720. The molecule has 3 N–H and O–H groups in total. The van der Waals surface area contributed by atoms with Crippen LogP contribution in [-0.2, 0) is 0 Å². The van der Waals surface area contributed by atoms with Crippen molar-refractivity contribution < 1.29 is 5.11 Å².